The lowest BCUT2D eigenvalue weighted by Crippen LogP contribution is -2.03. The minimum absolute atomic E-state index is 0.0459. The van der Waals surface area contributed by atoms with Crippen LogP contribution in [0.1, 0.15) is 30.5 Å². The van der Waals surface area contributed by atoms with Crippen molar-refractivity contribution in [2.45, 2.75) is 26.2 Å². The zero-order valence-corrected chi connectivity index (χ0v) is 9.75. The summed E-state index contributed by atoms with van der Waals surface area (Å²) in [5, 5.41) is 9.59. The van der Waals surface area contributed by atoms with Gasteiger partial charge in [0, 0.05) is 16.6 Å². The Bertz CT molecular complexity index is 574. The van der Waals surface area contributed by atoms with E-state index in [-0.39, 0.29) is 18.2 Å². The maximum atomic E-state index is 13.2. The van der Waals surface area contributed by atoms with Crippen LogP contribution in [0.25, 0.3) is 10.9 Å². The summed E-state index contributed by atoms with van der Waals surface area (Å²) in [6, 6.07) is 4.52. The smallest absolute Gasteiger partial charge is 0.303 e. The summed E-state index contributed by atoms with van der Waals surface area (Å²) in [5.41, 5.74) is 2.64. The van der Waals surface area contributed by atoms with Crippen LogP contribution in [0.4, 0.5) is 4.39 Å². The van der Waals surface area contributed by atoms with Gasteiger partial charge in [0.1, 0.15) is 5.82 Å². The fraction of sp³-hybridized carbons (Fsp3) is 0.308. The van der Waals surface area contributed by atoms with Crippen LogP contribution in [-0.4, -0.2) is 16.1 Å². The average molecular weight is 235 g/mol. The molecule has 1 atom stereocenters. The van der Waals surface area contributed by atoms with Crippen LogP contribution in [0.3, 0.4) is 0 Å². The predicted octanol–water partition coefficient (Wildman–Crippen LogP) is 3.19. The topological polar surface area (TPSA) is 53.1 Å². The summed E-state index contributed by atoms with van der Waals surface area (Å²) in [6.07, 6.45) is 0.0459. The third-order valence-corrected chi connectivity index (χ3v) is 2.97. The highest BCUT2D eigenvalue weighted by molar-refractivity contribution is 5.86. The SMILES string of the molecule is Cc1[nH]c2ccc(F)cc2c1C(C)CC(=O)O. The van der Waals surface area contributed by atoms with E-state index in [1.54, 1.807) is 6.07 Å². The normalized spacial score (nSPS) is 12.9. The molecule has 17 heavy (non-hydrogen) atoms. The van der Waals surface area contributed by atoms with Gasteiger partial charge in [0.15, 0.2) is 0 Å². The second-order valence-electron chi connectivity index (χ2n) is 4.35. The first-order chi connectivity index (χ1) is 7.99. The highest BCUT2D eigenvalue weighted by Gasteiger charge is 2.17. The number of aromatic amines is 1. The zero-order chi connectivity index (χ0) is 12.6. The number of carboxylic acids is 1. The van der Waals surface area contributed by atoms with Crippen molar-refractivity contribution in [3.8, 4) is 0 Å². The molecule has 3 nitrogen and oxygen atoms in total. The Morgan fingerprint density at radius 3 is 2.88 bits per heavy atom. The molecule has 4 heteroatoms. The fourth-order valence-electron chi connectivity index (χ4n) is 2.32. The van der Waals surface area contributed by atoms with Gasteiger partial charge in [0.25, 0.3) is 0 Å². The largest absolute Gasteiger partial charge is 0.481 e. The van der Waals surface area contributed by atoms with Gasteiger partial charge in [-0.25, -0.2) is 4.39 Å². The molecule has 0 saturated carbocycles. The molecule has 1 unspecified atom stereocenters. The third kappa shape index (κ3) is 2.16. The van der Waals surface area contributed by atoms with Gasteiger partial charge in [-0.2, -0.15) is 0 Å². The van der Waals surface area contributed by atoms with Gasteiger partial charge in [-0.1, -0.05) is 6.92 Å². The molecule has 0 aliphatic heterocycles. The number of nitrogens with one attached hydrogen (secondary N) is 1. The Kier molecular flexibility index (Phi) is 2.88. The minimum Gasteiger partial charge on any atom is -0.481 e. The fourth-order valence-corrected chi connectivity index (χ4v) is 2.32. The Morgan fingerprint density at radius 1 is 1.53 bits per heavy atom. The minimum atomic E-state index is -0.845. The number of aryl methyl sites for hydroxylation is 1. The number of fused-ring (bicyclic) bond motifs is 1. The molecule has 0 radical (unpaired) electrons. The first-order valence-electron chi connectivity index (χ1n) is 5.48. The van der Waals surface area contributed by atoms with E-state index in [0.717, 1.165) is 22.2 Å². The number of aromatic nitrogens is 1. The molecule has 0 aliphatic carbocycles. The van der Waals surface area contributed by atoms with E-state index in [1.165, 1.54) is 12.1 Å². The van der Waals surface area contributed by atoms with Crippen molar-refractivity contribution >= 4 is 16.9 Å². The third-order valence-electron chi connectivity index (χ3n) is 2.97. The van der Waals surface area contributed by atoms with E-state index in [1.807, 2.05) is 13.8 Å². The number of halogens is 1. The van der Waals surface area contributed by atoms with Crippen LogP contribution >= 0.6 is 0 Å². The van der Waals surface area contributed by atoms with E-state index < -0.39 is 5.97 Å². The lowest BCUT2D eigenvalue weighted by molar-refractivity contribution is -0.137. The number of benzene rings is 1. The molecule has 1 aromatic carbocycles. The Morgan fingerprint density at radius 2 is 2.24 bits per heavy atom. The van der Waals surface area contributed by atoms with E-state index in [4.69, 9.17) is 5.11 Å². The summed E-state index contributed by atoms with van der Waals surface area (Å²) >= 11 is 0. The molecule has 0 spiro atoms. The molecular weight excluding hydrogens is 221 g/mol. The monoisotopic (exact) mass is 235 g/mol. The van der Waals surface area contributed by atoms with Gasteiger partial charge >= 0.3 is 5.97 Å². The van der Waals surface area contributed by atoms with Crippen molar-refractivity contribution in [1.29, 1.82) is 0 Å². The Balaban J connectivity index is 2.55. The zero-order valence-electron chi connectivity index (χ0n) is 9.75. The summed E-state index contributed by atoms with van der Waals surface area (Å²) in [4.78, 5) is 13.9. The molecule has 0 saturated heterocycles. The lowest BCUT2D eigenvalue weighted by Gasteiger charge is -2.09. The van der Waals surface area contributed by atoms with Gasteiger partial charge < -0.3 is 10.1 Å². The molecule has 1 heterocycles. The molecule has 90 valence electrons. The van der Waals surface area contributed by atoms with Gasteiger partial charge in [-0.15, -0.1) is 0 Å². The van der Waals surface area contributed by atoms with Gasteiger partial charge in [-0.3, -0.25) is 4.79 Å². The molecule has 1 aromatic heterocycles. The second-order valence-corrected chi connectivity index (χ2v) is 4.35. The van der Waals surface area contributed by atoms with Crippen molar-refractivity contribution in [2.75, 3.05) is 0 Å². The van der Waals surface area contributed by atoms with Crippen LogP contribution in [0.15, 0.2) is 18.2 Å². The Labute approximate surface area is 98.3 Å². The first kappa shape index (κ1) is 11.6. The molecular formula is C13H14FNO2. The van der Waals surface area contributed by atoms with Crippen LogP contribution < -0.4 is 0 Å². The predicted molar refractivity (Wildman–Crippen MR) is 63.7 cm³/mol. The van der Waals surface area contributed by atoms with Crippen molar-refractivity contribution in [1.82, 2.24) is 4.98 Å². The molecule has 2 N–H and O–H groups in total. The lowest BCUT2D eigenvalue weighted by atomic mass is 9.95. The highest BCUT2D eigenvalue weighted by atomic mass is 19.1. The van der Waals surface area contributed by atoms with E-state index in [0.29, 0.717) is 0 Å². The number of rotatable bonds is 3. The van der Waals surface area contributed by atoms with Crippen LogP contribution in [-0.2, 0) is 4.79 Å². The molecule has 0 fully saturated rings. The van der Waals surface area contributed by atoms with E-state index >= 15 is 0 Å². The second kappa shape index (κ2) is 4.20. The molecule has 2 aromatic rings. The standard InChI is InChI=1S/C13H14FNO2/c1-7(5-12(16)17)13-8(2)15-11-4-3-9(14)6-10(11)13/h3-4,6-7,15H,5H2,1-2H3,(H,16,17). The molecule has 2 rings (SSSR count). The molecule has 0 amide bonds. The summed E-state index contributed by atoms with van der Waals surface area (Å²) in [5.74, 6) is -1.29. The highest BCUT2D eigenvalue weighted by Crippen LogP contribution is 2.31. The number of hydrogen-bond donors (Lipinski definition) is 2. The number of H-pyrrole nitrogens is 1. The molecule has 0 bridgehead atoms. The van der Waals surface area contributed by atoms with Crippen molar-refractivity contribution < 1.29 is 14.3 Å². The maximum absolute atomic E-state index is 13.2. The van der Waals surface area contributed by atoms with Crippen LogP contribution in [0, 0.1) is 12.7 Å². The first-order valence-corrected chi connectivity index (χ1v) is 5.48. The summed E-state index contributed by atoms with van der Waals surface area (Å²) < 4.78 is 13.2. The van der Waals surface area contributed by atoms with E-state index in [2.05, 4.69) is 4.98 Å². The Hall–Kier alpha value is -1.84. The van der Waals surface area contributed by atoms with Crippen LogP contribution in [0.2, 0.25) is 0 Å². The maximum Gasteiger partial charge on any atom is 0.303 e. The average Bonchev–Trinajstić information content (AvgIpc) is 2.52. The van der Waals surface area contributed by atoms with Crippen molar-refractivity contribution in [2.24, 2.45) is 0 Å². The number of carboxylic acid groups (broad SMARTS) is 1. The van der Waals surface area contributed by atoms with Crippen molar-refractivity contribution in [3.05, 3.63) is 35.3 Å². The van der Waals surface area contributed by atoms with Crippen LogP contribution in [0.5, 0.6) is 0 Å². The van der Waals surface area contributed by atoms with Crippen molar-refractivity contribution in [3.63, 3.8) is 0 Å². The number of aliphatic carboxylic acids is 1. The summed E-state index contributed by atoms with van der Waals surface area (Å²) in [7, 11) is 0. The number of hydrogen-bond acceptors (Lipinski definition) is 1. The van der Waals surface area contributed by atoms with Gasteiger partial charge in [-0.05, 0) is 36.6 Å². The van der Waals surface area contributed by atoms with Gasteiger partial charge in [0.2, 0.25) is 0 Å². The van der Waals surface area contributed by atoms with E-state index in [9.17, 15) is 9.18 Å². The quantitative estimate of drug-likeness (QED) is 0.858. The number of carbonyl (C=O) groups is 1. The summed E-state index contributed by atoms with van der Waals surface area (Å²) in [6.45, 7) is 3.72. The molecule has 0 aliphatic rings. The van der Waals surface area contributed by atoms with Gasteiger partial charge in [0.05, 0.1) is 6.42 Å².